The largest absolute Gasteiger partial charge is 0.336 e. The Hall–Kier alpha value is -1.46. The molecule has 5 heteroatoms. The van der Waals surface area contributed by atoms with Gasteiger partial charge in [0.25, 0.3) is 0 Å². The Morgan fingerprint density at radius 1 is 1.40 bits per heavy atom. The molecule has 1 aliphatic carbocycles. The molecule has 0 unspecified atom stereocenters. The Morgan fingerprint density at radius 2 is 2.20 bits per heavy atom. The van der Waals surface area contributed by atoms with Crippen LogP contribution in [0.1, 0.15) is 18.4 Å². The van der Waals surface area contributed by atoms with Crippen LogP contribution in [0.25, 0.3) is 0 Å². The van der Waals surface area contributed by atoms with Gasteiger partial charge in [0.1, 0.15) is 0 Å². The Balaban J connectivity index is 1.89. The topological polar surface area (TPSA) is 48.5 Å². The molecule has 0 radical (unpaired) electrons. The van der Waals surface area contributed by atoms with Crippen LogP contribution in [0, 0.1) is 0 Å². The second-order valence-corrected chi connectivity index (χ2v) is 5.64. The minimum absolute atomic E-state index is 0.169. The SMILES string of the molecule is CN(C)CCN(Cc1cccnc1)C(=O)CNC1CC1. The Morgan fingerprint density at radius 3 is 2.80 bits per heavy atom. The zero-order valence-corrected chi connectivity index (χ0v) is 12.4. The lowest BCUT2D eigenvalue weighted by Gasteiger charge is -2.24. The summed E-state index contributed by atoms with van der Waals surface area (Å²) in [4.78, 5) is 20.4. The number of hydrogen-bond donors (Lipinski definition) is 1. The average molecular weight is 276 g/mol. The zero-order valence-electron chi connectivity index (χ0n) is 12.4. The second kappa shape index (κ2) is 7.36. The fourth-order valence-corrected chi connectivity index (χ4v) is 1.96. The lowest BCUT2D eigenvalue weighted by Crippen LogP contribution is -2.41. The van der Waals surface area contributed by atoms with Crippen LogP contribution in [-0.4, -0.2) is 60.5 Å². The number of hydrogen-bond acceptors (Lipinski definition) is 4. The molecule has 1 amide bonds. The standard InChI is InChI=1S/C15H24N4O/c1-18(2)8-9-19(12-13-4-3-7-16-10-13)15(20)11-17-14-5-6-14/h3-4,7,10,14,17H,5-6,8-9,11-12H2,1-2H3. The molecule has 0 atom stereocenters. The molecule has 1 saturated carbocycles. The summed E-state index contributed by atoms with van der Waals surface area (Å²) in [6, 6.07) is 4.48. The maximum Gasteiger partial charge on any atom is 0.236 e. The molecule has 1 aromatic heterocycles. The van der Waals surface area contributed by atoms with Gasteiger partial charge in [-0.3, -0.25) is 9.78 Å². The Kier molecular flexibility index (Phi) is 5.49. The van der Waals surface area contributed by atoms with Crippen molar-refractivity contribution in [3.8, 4) is 0 Å². The lowest BCUT2D eigenvalue weighted by molar-refractivity contribution is -0.131. The number of amides is 1. The van der Waals surface area contributed by atoms with Crippen LogP contribution in [0.3, 0.4) is 0 Å². The lowest BCUT2D eigenvalue weighted by atomic mass is 10.2. The molecular weight excluding hydrogens is 252 g/mol. The molecule has 1 aliphatic rings. The maximum atomic E-state index is 12.3. The molecule has 0 aliphatic heterocycles. The highest BCUT2D eigenvalue weighted by molar-refractivity contribution is 5.78. The van der Waals surface area contributed by atoms with E-state index in [2.05, 4.69) is 15.2 Å². The monoisotopic (exact) mass is 276 g/mol. The predicted molar refractivity (Wildman–Crippen MR) is 79.2 cm³/mol. The minimum atomic E-state index is 0.169. The molecular formula is C15H24N4O. The Bertz CT molecular complexity index is 417. The minimum Gasteiger partial charge on any atom is -0.336 e. The van der Waals surface area contributed by atoms with Crippen molar-refractivity contribution in [2.24, 2.45) is 0 Å². The molecule has 2 rings (SSSR count). The summed E-state index contributed by atoms with van der Waals surface area (Å²) in [5.41, 5.74) is 1.08. The second-order valence-electron chi connectivity index (χ2n) is 5.64. The van der Waals surface area contributed by atoms with Crippen LogP contribution in [0.2, 0.25) is 0 Å². The van der Waals surface area contributed by atoms with Gasteiger partial charge in [-0.1, -0.05) is 6.07 Å². The van der Waals surface area contributed by atoms with E-state index in [4.69, 9.17) is 0 Å². The molecule has 0 aromatic carbocycles. The third-order valence-electron chi connectivity index (χ3n) is 3.39. The summed E-state index contributed by atoms with van der Waals surface area (Å²) in [7, 11) is 4.05. The number of pyridine rings is 1. The van der Waals surface area contributed by atoms with E-state index in [0.717, 1.165) is 18.7 Å². The number of nitrogens with one attached hydrogen (secondary N) is 1. The molecule has 20 heavy (non-hydrogen) atoms. The van der Waals surface area contributed by atoms with Crippen LogP contribution in [0.15, 0.2) is 24.5 Å². The first kappa shape index (κ1) is 14.9. The molecule has 1 heterocycles. The van der Waals surface area contributed by atoms with Gasteiger partial charge in [-0.25, -0.2) is 0 Å². The van der Waals surface area contributed by atoms with Crippen LogP contribution < -0.4 is 5.32 Å². The third-order valence-corrected chi connectivity index (χ3v) is 3.39. The van der Waals surface area contributed by atoms with Crippen LogP contribution in [0.5, 0.6) is 0 Å². The van der Waals surface area contributed by atoms with Gasteiger partial charge in [0.05, 0.1) is 6.54 Å². The van der Waals surface area contributed by atoms with Crippen molar-refractivity contribution in [3.63, 3.8) is 0 Å². The summed E-state index contributed by atoms with van der Waals surface area (Å²) in [5, 5.41) is 3.29. The highest BCUT2D eigenvalue weighted by Gasteiger charge is 2.23. The molecule has 0 spiro atoms. The van der Waals surface area contributed by atoms with E-state index in [9.17, 15) is 4.79 Å². The van der Waals surface area contributed by atoms with Gasteiger partial charge >= 0.3 is 0 Å². The van der Waals surface area contributed by atoms with E-state index in [1.165, 1.54) is 12.8 Å². The number of likely N-dealkylation sites (N-methyl/N-ethyl adjacent to an activating group) is 1. The molecule has 1 fully saturated rings. The van der Waals surface area contributed by atoms with Gasteiger partial charge in [-0.05, 0) is 38.6 Å². The Labute approximate surface area is 121 Å². The smallest absolute Gasteiger partial charge is 0.236 e. The van der Waals surface area contributed by atoms with E-state index in [1.54, 1.807) is 6.20 Å². The van der Waals surface area contributed by atoms with E-state index >= 15 is 0 Å². The first-order chi connectivity index (χ1) is 9.65. The van der Waals surface area contributed by atoms with Gasteiger partial charge in [0, 0.05) is 38.1 Å². The van der Waals surface area contributed by atoms with E-state index in [1.807, 2.05) is 37.3 Å². The van der Waals surface area contributed by atoms with Crippen molar-refractivity contribution in [2.45, 2.75) is 25.4 Å². The number of rotatable bonds is 8. The molecule has 5 nitrogen and oxygen atoms in total. The van der Waals surface area contributed by atoms with Gasteiger partial charge < -0.3 is 15.1 Å². The van der Waals surface area contributed by atoms with Crippen LogP contribution in [-0.2, 0) is 11.3 Å². The first-order valence-corrected chi connectivity index (χ1v) is 7.20. The average Bonchev–Trinajstić information content (AvgIpc) is 3.26. The van der Waals surface area contributed by atoms with E-state index in [-0.39, 0.29) is 5.91 Å². The van der Waals surface area contributed by atoms with Crippen molar-refractivity contribution in [1.82, 2.24) is 20.1 Å². The van der Waals surface area contributed by atoms with Crippen molar-refractivity contribution in [2.75, 3.05) is 33.7 Å². The van der Waals surface area contributed by atoms with Gasteiger partial charge in [-0.2, -0.15) is 0 Å². The van der Waals surface area contributed by atoms with Crippen LogP contribution >= 0.6 is 0 Å². The fourth-order valence-electron chi connectivity index (χ4n) is 1.96. The highest BCUT2D eigenvalue weighted by Crippen LogP contribution is 2.18. The predicted octanol–water partition coefficient (Wildman–Crippen LogP) is 0.724. The number of nitrogens with zero attached hydrogens (tertiary/aromatic N) is 3. The molecule has 1 aromatic rings. The number of carbonyl (C=O) groups excluding carboxylic acids is 1. The van der Waals surface area contributed by atoms with Gasteiger partial charge in [0.15, 0.2) is 0 Å². The summed E-state index contributed by atoms with van der Waals surface area (Å²) >= 11 is 0. The summed E-state index contributed by atoms with van der Waals surface area (Å²) in [6.45, 7) is 2.69. The van der Waals surface area contributed by atoms with Gasteiger partial charge in [0.2, 0.25) is 5.91 Å². The number of aromatic nitrogens is 1. The van der Waals surface area contributed by atoms with Crippen molar-refractivity contribution in [3.05, 3.63) is 30.1 Å². The van der Waals surface area contributed by atoms with Gasteiger partial charge in [-0.15, -0.1) is 0 Å². The third kappa shape index (κ3) is 5.27. The van der Waals surface area contributed by atoms with Crippen molar-refractivity contribution in [1.29, 1.82) is 0 Å². The molecule has 0 saturated heterocycles. The summed E-state index contributed by atoms with van der Waals surface area (Å²) in [6.07, 6.45) is 5.98. The van der Waals surface area contributed by atoms with Crippen molar-refractivity contribution < 1.29 is 4.79 Å². The number of carbonyl (C=O) groups is 1. The highest BCUT2D eigenvalue weighted by atomic mass is 16.2. The summed E-state index contributed by atoms with van der Waals surface area (Å²) < 4.78 is 0. The first-order valence-electron chi connectivity index (χ1n) is 7.20. The maximum absolute atomic E-state index is 12.3. The van der Waals surface area contributed by atoms with Crippen molar-refractivity contribution >= 4 is 5.91 Å². The van der Waals surface area contributed by atoms with E-state index in [0.29, 0.717) is 19.1 Å². The quantitative estimate of drug-likeness (QED) is 0.760. The zero-order chi connectivity index (χ0) is 14.4. The normalized spacial score (nSPS) is 14.6. The van der Waals surface area contributed by atoms with E-state index < -0.39 is 0 Å². The van der Waals surface area contributed by atoms with Crippen LogP contribution in [0.4, 0.5) is 0 Å². The molecule has 1 N–H and O–H groups in total. The summed E-state index contributed by atoms with van der Waals surface area (Å²) in [5.74, 6) is 0.169. The molecule has 0 bridgehead atoms. The molecule has 110 valence electrons. The fraction of sp³-hybridized carbons (Fsp3) is 0.600.